The number of benzene rings is 3. The van der Waals surface area contributed by atoms with E-state index in [-0.39, 0.29) is 0 Å². The van der Waals surface area contributed by atoms with E-state index in [9.17, 15) is 0 Å². The molecule has 1 heterocycles. The van der Waals surface area contributed by atoms with Crippen LogP contribution in [0.15, 0.2) is 97.1 Å². The molecule has 1 saturated heterocycles. The second-order valence-corrected chi connectivity index (χ2v) is 9.21. The van der Waals surface area contributed by atoms with Crippen LogP contribution in [0.25, 0.3) is 5.57 Å². The molecule has 32 heavy (non-hydrogen) atoms. The van der Waals surface area contributed by atoms with E-state index < -0.39 is 0 Å². The fraction of sp³-hybridized carbons (Fsp3) is 0.333. The van der Waals surface area contributed by atoms with Crippen LogP contribution in [0.3, 0.4) is 0 Å². The van der Waals surface area contributed by atoms with Crippen molar-refractivity contribution in [2.75, 3.05) is 32.7 Å². The summed E-state index contributed by atoms with van der Waals surface area (Å²) in [5.74, 6) is 0.681. The first-order valence-corrected chi connectivity index (χ1v) is 12.2. The van der Waals surface area contributed by atoms with Crippen LogP contribution >= 0.6 is 0 Å². The summed E-state index contributed by atoms with van der Waals surface area (Å²) in [6.07, 6.45) is 6.48. The third-order valence-corrected chi connectivity index (χ3v) is 7.06. The van der Waals surface area contributed by atoms with Crippen molar-refractivity contribution in [1.82, 2.24) is 9.80 Å². The van der Waals surface area contributed by atoms with Crippen LogP contribution in [0.1, 0.15) is 41.9 Å². The molecule has 2 heteroatoms. The summed E-state index contributed by atoms with van der Waals surface area (Å²) in [6.45, 7) is 5.89. The molecule has 2 fully saturated rings. The molecule has 3 aromatic rings. The van der Waals surface area contributed by atoms with Gasteiger partial charge in [0.1, 0.15) is 0 Å². The summed E-state index contributed by atoms with van der Waals surface area (Å²) in [4.78, 5) is 5.38. The lowest BCUT2D eigenvalue weighted by atomic mass is 9.97. The maximum Gasteiger partial charge on any atom is 0.0176 e. The van der Waals surface area contributed by atoms with Gasteiger partial charge in [-0.3, -0.25) is 4.90 Å². The molecule has 1 saturated carbocycles. The Morgan fingerprint density at radius 1 is 0.781 bits per heavy atom. The van der Waals surface area contributed by atoms with Crippen molar-refractivity contribution in [2.24, 2.45) is 0 Å². The van der Waals surface area contributed by atoms with Crippen LogP contribution in [0, 0.1) is 0 Å². The van der Waals surface area contributed by atoms with Gasteiger partial charge >= 0.3 is 0 Å². The summed E-state index contributed by atoms with van der Waals surface area (Å²) in [5, 5.41) is 0. The van der Waals surface area contributed by atoms with E-state index in [1.807, 2.05) is 0 Å². The van der Waals surface area contributed by atoms with Gasteiger partial charge < -0.3 is 4.90 Å². The highest BCUT2D eigenvalue weighted by Crippen LogP contribution is 2.44. The van der Waals surface area contributed by atoms with E-state index in [2.05, 4.69) is 107 Å². The lowest BCUT2D eigenvalue weighted by Gasteiger charge is -2.25. The molecule has 1 unspecified atom stereocenters. The molecule has 3 aromatic carbocycles. The van der Waals surface area contributed by atoms with Gasteiger partial charge in [-0.1, -0.05) is 97.1 Å². The van der Waals surface area contributed by atoms with Crippen LogP contribution in [0.4, 0.5) is 0 Å². The van der Waals surface area contributed by atoms with E-state index in [0.717, 1.165) is 13.1 Å². The van der Waals surface area contributed by atoms with Crippen molar-refractivity contribution in [3.05, 3.63) is 114 Å². The zero-order valence-corrected chi connectivity index (χ0v) is 18.9. The predicted octanol–water partition coefficient (Wildman–Crippen LogP) is 6.07. The first kappa shape index (κ1) is 21.2. The van der Waals surface area contributed by atoms with E-state index in [1.54, 1.807) is 0 Å². The van der Waals surface area contributed by atoms with Crippen LogP contribution in [-0.4, -0.2) is 48.6 Å². The van der Waals surface area contributed by atoms with Crippen molar-refractivity contribution >= 4 is 5.57 Å². The van der Waals surface area contributed by atoms with Crippen LogP contribution in [-0.2, 0) is 0 Å². The van der Waals surface area contributed by atoms with Crippen molar-refractivity contribution in [2.45, 2.75) is 31.2 Å². The number of likely N-dealkylation sites (tertiary alicyclic amines) is 1. The Labute approximate surface area is 193 Å². The first-order chi connectivity index (χ1) is 15.9. The Kier molecular flexibility index (Phi) is 6.81. The van der Waals surface area contributed by atoms with Gasteiger partial charge in [-0.15, -0.1) is 0 Å². The topological polar surface area (TPSA) is 6.48 Å². The van der Waals surface area contributed by atoms with Crippen LogP contribution < -0.4 is 0 Å². The Hall–Kier alpha value is -2.68. The summed E-state index contributed by atoms with van der Waals surface area (Å²) < 4.78 is 0. The predicted molar refractivity (Wildman–Crippen MR) is 135 cm³/mol. The number of hydrogen-bond acceptors (Lipinski definition) is 2. The lowest BCUT2D eigenvalue weighted by molar-refractivity contribution is 0.231. The molecule has 0 radical (unpaired) electrons. The quantitative estimate of drug-likeness (QED) is 0.413. The maximum atomic E-state index is 2.74. The Bertz CT molecular complexity index is 949. The fourth-order valence-electron chi connectivity index (χ4n) is 5.16. The largest absolute Gasteiger partial charge is 0.302 e. The van der Waals surface area contributed by atoms with Crippen LogP contribution in [0.2, 0.25) is 0 Å². The van der Waals surface area contributed by atoms with Crippen molar-refractivity contribution in [3.8, 4) is 0 Å². The molecule has 1 aliphatic carbocycles. The zero-order valence-electron chi connectivity index (χ0n) is 18.9. The van der Waals surface area contributed by atoms with E-state index >= 15 is 0 Å². The van der Waals surface area contributed by atoms with Gasteiger partial charge in [0.25, 0.3) is 0 Å². The second-order valence-electron chi connectivity index (χ2n) is 9.21. The Balaban J connectivity index is 1.37. The molecule has 2 atom stereocenters. The molecular weight excluding hydrogens is 388 g/mol. The van der Waals surface area contributed by atoms with Gasteiger partial charge in [-0.25, -0.2) is 0 Å². The van der Waals surface area contributed by atoms with Crippen molar-refractivity contribution < 1.29 is 0 Å². The van der Waals surface area contributed by atoms with E-state index in [0.29, 0.717) is 12.0 Å². The molecule has 164 valence electrons. The van der Waals surface area contributed by atoms with Gasteiger partial charge in [-0.2, -0.15) is 0 Å². The van der Waals surface area contributed by atoms with Gasteiger partial charge in [0.2, 0.25) is 0 Å². The highest BCUT2D eigenvalue weighted by atomic mass is 15.2. The Morgan fingerprint density at radius 3 is 1.94 bits per heavy atom. The first-order valence-electron chi connectivity index (χ1n) is 12.2. The molecule has 0 N–H and O–H groups in total. The third-order valence-electron chi connectivity index (χ3n) is 7.06. The molecular formula is C30H34N2. The molecule has 0 aromatic heterocycles. The molecule has 1 aliphatic heterocycles. The minimum atomic E-state index is 0.657. The van der Waals surface area contributed by atoms with Gasteiger partial charge in [0.05, 0.1) is 0 Å². The molecule has 0 spiro atoms. The monoisotopic (exact) mass is 422 g/mol. The smallest absolute Gasteiger partial charge is 0.0176 e. The molecule has 2 nitrogen and oxygen atoms in total. The van der Waals surface area contributed by atoms with Crippen molar-refractivity contribution in [3.63, 3.8) is 0 Å². The minimum Gasteiger partial charge on any atom is -0.302 e. The third kappa shape index (κ3) is 5.20. The minimum absolute atomic E-state index is 0.657. The summed E-state index contributed by atoms with van der Waals surface area (Å²) in [5.41, 5.74) is 5.44. The number of rotatable bonds is 9. The molecule has 5 rings (SSSR count). The zero-order chi connectivity index (χ0) is 21.6. The normalized spacial score (nSPS) is 20.4. The molecule has 0 amide bonds. The SMILES string of the molecule is C(CN(CCN1CCCC1)C1C[C@H]1c1ccccc1)=C(c1ccccc1)c1ccccc1. The maximum absolute atomic E-state index is 2.74. The van der Waals surface area contributed by atoms with Gasteiger partial charge in [0.15, 0.2) is 0 Å². The highest BCUT2D eigenvalue weighted by molar-refractivity contribution is 5.79. The summed E-state index contributed by atoms with van der Waals surface area (Å²) >= 11 is 0. The van der Waals surface area contributed by atoms with Gasteiger partial charge in [0, 0.05) is 31.6 Å². The number of hydrogen-bond donors (Lipinski definition) is 0. The van der Waals surface area contributed by atoms with E-state index in [4.69, 9.17) is 0 Å². The molecule has 0 bridgehead atoms. The number of nitrogens with zero attached hydrogens (tertiary/aromatic N) is 2. The average Bonchev–Trinajstić information content (AvgIpc) is 3.48. The Morgan fingerprint density at radius 2 is 1.34 bits per heavy atom. The fourth-order valence-corrected chi connectivity index (χ4v) is 5.16. The van der Waals surface area contributed by atoms with Crippen molar-refractivity contribution in [1.29, 1.82) is 0 Å². The summed E-state index contributed by atoms with van der Waals surface area (Å²) in [6, 6.07) is 33.5. The van der Waals surface area contributed by atoms with Crippen LogP contribution in [0.5, 0.6) is 0 Å². The summed E-state index contributed by atoms with van der Waals surface area (Å²) in [7, 11) is 0. The lowest BCUT2D eigenvalue weighted by Crippen LogP contribution is -2.36. The highest BCUT2D eigenvalue weighted by Gasteiger charge is 2.42. The second kappa shape index (κ2) is 10.3. The standard InChI is InChI=1S/C30H34N2/c1-4-12-25(13-5-1)28(26-14-6-2-7-15-26)18-21-32(23-22-31-19-10-11-20-31)30-24-29(30)27-16-8-3-9-17-27/h1-9,12-18,29-30H,10-11,19-24H2/t29-,30?/m0/s1. The van der Waals surface area contributed by atoms with E-state index in [1.165, 1.54) is 61.2 Å². The van der Waals surface area contributed by atoms with Gasteiger partial charge in [-0.05, 0) is 54.6 Å². The average molecular weight is 423 g/mol. The molecule has 2 aliphatic rings.